The summed E-state index contributed by atoms with van der Waals surface area (Å²) in [5.41, 5.74) is 1.07. The number of aromatic nitrogens is 6. The number of H-pyrrole nitrogens is 1. The number of nitrogens with zero attached hydrogens (tertiary/aromatic N) is 6. The van der Waals surface area contributed by atoms with Crippen molar-refractivity contribution < 1.29 is 22.0 Å². The normalized spacial score (nSPS) is 16.8. The highest BCUT2D eigenvalue weighted by Crippen LogP contribution is 2.36. The molecule has 4 aromatic rings. The molecule has 0 spiro atoms. The molecule has 0 amide bonds. The van der Waals surface area contributed by atoms with Crippen LogP contribution in [0.3, 0.4) is 0 Å². The molecule has 0 aliphatic carbocycles. The number of imidazole rings is 1. The predicted molar refractivity (Wildman–Crippen MR) is 98.7 cm³/mol. The molecule has 0 aromatic carbocycles. The minimum atomic E-state index is -4.55. The average molecular weight is 435 g/mol. The predicted octanol–water partition coefficient (Wildman–Crippen LogP) is 3.96. The summed E-state index contributed by atoms with van der Waals surface area (Å²) in [7, 11) is 0. The van der Waals surface area contributed by atoms with Crippen LogP contribution < -0.4 is 4.90 Å². The van der Waals surface area contributed by atoms with Crippen LogP contribution in [-0.2, 0) is 12.6 Å². The zero-order valence-corrected chi connectivity index (χ0v) is 15.7. The van der Waals surface area contributed by atoms with Gasteiger partial charge in [0.1, 0.15) is 11.7 Å². The van der Waals surface area contributed by atoms with Gasteiger partial charge in [0.05, 0.1) is 28.8 Å². The molecule has 5 rings (SSSR count). The zero-order valence-electron chi connectivity index (χ0n) is 15.7. The van der Waals surface area contributed by atoms with Crippen LogP contribution in [0.1, 0.15) is 40.8 Å². The molecule has 31 heavy (non-hydrogen) atoms. The van der Waals surface area contributed by atoms with Crippen molar-refractivity contribution in [2.45, 2.75) is 25.1 Å². The van der Waals surface area contributed by atoms with Gasteiger partial charge in [-0.2, -0.15) is 18.3 Å². The fourth-order valence-electron chi connectivity index (χ4n) is 3.76. The number of fused-ring (bicyclic) bond motifs is 2. The van der Waals surface area contributed by atoms with Crippen molar-refractivity contribution in [3.63, 3.8) is 0 Å². The van der Waals surface area contributed by atoms with Crippen LogP contribution in [0.5, 0.6) is 0 Å². The van der Waals surface area contributed by atoms with Crippen molar-refractivity contribution in [1.29, 1.82) is 0 Å². The number of anilines is 1. The Hall–Kier alpha value is -3.57. The fourth-order valence-corrected chi connectivity index (χ4v) is 3.76. The number of hydrogen-bond donors (Lipinski definition) is 1. The van der Waals surface area contributed by atoms with E-state index < -0.39 is 24.2 Å². The van der Waals surface area contributed by atoms with E-state index in [2.05, 4.69) is 25.0 Å². The molecule has 1 N–H and O–H groups in total. The van der Waals surface area contributed by atoms with E-state index in [0.717, 1.165) is 22.6 Å². The van der Waals surface area contributed by atoms with Crippen LogP contribution in [0, 0.1) is 0 Å². The largest absolute Gasteiger partial charge is 0.419 e. The van der Waals surface area contributed by atoms with Gasteiger partial charge in [0.25, 0.3) is 6.43 Å². The number of nitrogens with one attached hydrogen (secondary N) is 1. The van der Waals surface area contributed by atoms with E-state index in [-0.39, 0.29) is 11.6 Å². The number of aromatic amines is 1. The summed E-state index contributed by atoms with van der Waals surface area (Å²) in [6.45, 7) is 0.376. The van der Waals surface area contributed by atoms with E-state index in [0.29, 0.717) is 29.9 Å². The molecule has 0 unspecified atom stereocenters. The molecule has 160 valence electrons. The van der Waals surface area contributed by atoms with Gasteiger partial charge in [0.15, 0.2) is 0 Å². The van der Waals surface area contributed by atoms with Gasteiger partial charge in [-0.1, -0.05) is 6.07 Å². The lowest BCUT2D eigenvalue weighted by molar-refractivity contribution is -0.138. The Balaban J connectivity index is 1.62. The monoisotopic (exact) mass is 435 g/mol. The molecule has 5 heterocycles. The van der Waals surface area contributed by atoms with Gasteiger partial charge >= 0.3 is 6.18 Å². The van der Waals surface area contributed by atoms with Crippen molar-refractivity contribution in [1.82, 2.24) is 29.5 Å². The highest BCUT2D eigenvalue weighted by Gasteiger charge is 2.36. The molecular formula is C19H14F5N7. The molecule has 7 nitrogen and oxygen atoms in total. The highest BCUT2D eigenvalue weighted by atomic mass is 19.4. The summed E-state index contributed by atoms with van der Waals surface area (Å²) in [5, 5.41) is 4.37. The second-order valence-electron chi connectivity index (χ2n) is 7.04. The molecule has 4 aromatic heterocycles. The highest BCUT2D eigenvalue weighted by molar-refractivity contribution is 5.53. The quantitative estimate of drug-likeness (QED) is 0.493. The summed E-state index contributed by atoms with van der Waals surface area (Å²) >= 11 is 0. The first-order valence-corrected chi connectivity index (χ1v) is 9.27. The molecular weight excluding hydrogens is 421 g/mol. The zero-order chi connectivity index (χ0) is 21.8. The molecule has 0 radical (unpaired) electrons. The van der Waals surface area contributed by atoms with Gasteiger partial charge in [-0.3, -0.25) is 0 Å². The van der Waals surface area contributed by atoms with E-state index in [9.17, 15) is 22.0 Å². The third kappa shape index (κ3) is 3.27. The van der Waals surface area contributed by atoms with Gasteiger partial charge < -0.3 is 9.88 Å². The summed E-state index contributed by atoms with van der Waals surface area (Å²) in [6.07, 6.45) is -3.79. The van der Waals surface area contributed by atoms with Gasteiger partial charge in [0, 0.05) is 31.1 Å². The maximum atomic E-state index is 13.4. The lowest BCUT2D eigenvalue weighted by atomic mass is 10.0. The topological polar surface area (TPSA) is 75.0 Å². The van der Waals surface area contributed by atoms with Crippen LogP contribution in [-0.4, -0.2) is 36.1 Å². The Kier molecular flexibility index (Phi) is 4.38. The lowest BCUT2D eigenvalue weighted by Crippen LogP contribution is -2.37. The second-order valence-corrected chi connectivity index (χ2v) is 7.04. The first-order valence-electron chi connectivity index (χ1n) is 9.27. The van der Waals surface area contributed by atoms with Gasteiger partial charge in [-0.05, 0) is 18.2 Å². The second kappa shape index (κ2) is 7.00. The maximum absolute atomic E-state index is 13.4. The van der Waals surface area contributed by atoms with Gasteiger partial charge in [-0.15, -0.1) is 0 Å². The summed E-state index contributed by atoms with van der Waals surface area (Å²) in [4.78, 5) is 16.9. The van der Waals surface area contributed by atoms with Crippen molar-refractivity contribution in [2.24, 2.45) is 0 Å². The van der Waals surface area contributed by atoms with Crippen LogP contribution >= 0.6 is 0 Å². The molecule has 0 bridgehead atoms. The van der Waals surface area contributed by atoms with E-state index in [1.165, 1.54) is 18.5 Å². The minimum absolute atomic E-state index is 0.0674. The molecule has 0 saturated heterocycles. The Bertz CT molecular complexity index is 1230. The van der Waals surface area contributed by atoms with E-state index >= 15 is 0 Å². The third-order valence-corrected chi connectivity index (χ3v) is 5.19. The van der Waals surface area contributed by atoms with E-state index in [4.69, 9.17) is 0 Å². The Morgan fingerprint density at radius 2 is 1.87 bits per heavy atom. The molecule has 1 aliphatic rings. The number of rotatable bonds is 3. The van der Waals surface area contributed by atoms with Crippen LogP contribution in [0.15, 0.2) is 43.0 Å². The Morgan fingerprint density at radius 1 is 1.10 bits per heavy atom. The molecule has 0 saturated carbocycles. The number of halogens is 5. The van der Waals surface area contributed by atoms with Gasteiger partial charge in [0.2, 0.25) is 5.95 Å². The van der Waals surface area contributed by atoms with Crippen molar-refractivity contribution in [3.8, 4) is 0 Å². The average Bonchev–Trinajstić information content (AvgIpc) is 3.38. The molecule has 0 fully saturated rings. The Labute approximate surface area is 171 Å². The molecule has 1 atom stereocenters. The van der Waals surface area contributed by atoms with Crippen LogP contribution in [0.4, 0.5) is 27.9 Å². The maximum Gasteiger partial charge on any atom is 0.419 e. The number of pyridine rings is 1. The van der Waals surface area contributed by atoms with Crippen LogP contribution in [0.2, 0.25) is 0 Å². The van der Waals surface area contributed by atoms with Gasteiger partial charge in [-0.25, -0.2) is 28.2 Å². The first kappa shape index (κ1) is 19.4. The van der Waals surface area contributed by atoms with Crippen molar-refractivity contribution in [2.75, 3.05) is 11.4 Å². The summed E-state index contributed by atoms with van der Waals surface area (Å²) < 4.78 is 66.7. The Morgan fingerprint density at radius 3 is 2.58 bits per heavy atom. The lowest BCUT2D eigenvalue weighted by Gasteiger charge is -2.33. The van der Waals surface area contributed by atoms with Crippen LogP contribution in [0.25, 0.3) is 5.52 Å². The molecule has 12 heteroatoms. The minimum Gasteiger partial charge on any atom is -0.348 e. The summed E-state index contributed by atoms with van der Waals surface area (Å²) in [5.74, 6) is 0.0674. The molecule has 1 aliphatic heterocycles. The first-order chi connectivity index (χ1) is 14.8. The van der Waals surface area contributed by atoms with E-state index in [1.54, 1.807) is 17.0 Å². The third-order valence-electron chi connectivity index (χ3n) is 5.19. The fraction of sp³-hybridized carbons (Fsp3) is 0.263. The smallest absolute Gasteiger partial charge is 0.348 e. The summed E-state index contributed by atoms with van der Waals surface area (Å²) in [6, 6.07) is 5.44. The SMILES string of the molecule is FC(F)c1cccc2cc([C@H]3c4nc[nH]c4CCN3c3ncc(C(F)(F)F)cn3)nn12. The number of hydrogen-bond acceptors (Lipinski definition) is 5. The standard InChI is InChI=1S/C19H14F5N7/c20-17(21)14-3-1-2-11-6-13(29-31(11)14)16-15-12(27-9-28-15)4-5-30(16)18-25-7-10(8-26-18)19(22,23)24/h1-3,6-9,16-17H,4-5H2,(H,27,28)/t16-/m0/s1. The van der Waals surface area contributed by atoms with Crippen molar-refractivity contribution >= 4 is 11.5 Å². The number of alkyl halides is 5. The van der Waals surface area contributed by atoms with E-state index in [1.807, 2.05) is 0 Å². The van der Waals surface area contributed by atoms with Crippen molar-refractivity contribution in [3.05, 3.63) is 71.3 Å².